The summed E-state index contributed by atoms with van der Waals surface area (Å²) in [5, 5.41) is 14.7. The molecule has 0 spiro atoms. The largest absolute Gasteiger partial charge is 0.392 e. The second-order valence-corrected chi connectivity index (χ2v) is 4.24. The van der Waals surface area contributed by atoms with Gasteiger partial charge in [-0.25, -0.2) is 0 Å². The molecule has 0 radical (unpaired) electrons. The summed E-state index contributed by atoms with van der Waals surface area (Å²) in [7, 11) is 0. The van der Waals surface area contributed by atoms with Crippen LogP contribution in [0.4, 0.5) is 0 Å². The third-order valence-corrected chi connectivity index (χ3v) is 2.94. The minimum Gasteiger partial charge on any atom is -0.392 e. The Morgan fingerprint density at radius 1 is 1.21 bits per heavy atom. The SMILES string of the molecule is OC1CCCN(OC2CCNCC2)C1. The van der Waals surface area contributed by atoms with E-state index in [1.807, 2.05) is 5.06 Å². The third-order valence-electron chi connectivity index (χ3n) is 2.94. The first-order valence-electron chi connectivity index (χ1n) is 5.65. The van der Waals surface area contributed by atoms with Crippen LogP contribution in [-0.4, -0.2) is 48.6 Å². The van der Waals surface area contributed by atoms with E-state index in [0.29, 0.717) is 12.6 Å². The summed E-state index contributed by atoms with van der Waals surface area (Å²) in [6.07, 6.45) is 4.32. The van der Waals surface area contributed by atoms with Crippen LogP contribution in [0.15, 0.2) is 0 Å². The van der Waals surface area contributed by atoms with Crippen LogP contribution in [0.1, 0.15) is 25.7 Å². The molecule has 2 heterocycles. The summed E-state index contributed by atoms with van der Waals surface area (Å²) in [4.78, 5) is 5.84. The molecule has 2 aliphatic rings. The van der Waals surface area contributed by atoms with Crippen LogP contribution in [0.25, 0.3) is 0 Å². The van der Waals surface area contributed by atoms with Crippen LogP contribution in [-0.2, 0) is 4.84 Å². The number of piperidine rings is 2. The summed E-state index contributed by atoms with van der Waals surface area (Å²) < 4.78 is 0. The minimum atomic E-state index is -0.189. The van der Waals surface area contributed by atoms with E-state index in [0.717, 1.165) is 45.3 Å². The molecule has 2 saturated heterocycles. The van der Waals surface area contributed by atoms with Crippen molar-refractivity contribution in [1.82, 2.24) is 10.4 Å². The van der Waals surface area contributed by atoms with Crippen molar-refractivity contribution in [3.05, 3.63) is 0 Å². The Morgan fingerprint density at radius 3 is 2.71 bits per heavy atom. The van der Waals surface area contributed by atoms with Crippen molar-refractivity contribution in [2.24, 2.45) is 0 Å². The number of β-amino-alcohol motifs (C(OH)–C–C–N with tert-alkyl or cyclic N) is 1. The van der Waals surface area contributed by atoms with Crippen molar-refractivity contribution >= 4 is 0 Å². The molecular weight excluding hydrogens is 180 g/mol. The van der Waals surface area contributed by atoms with Crippen LogP contribution < -0.4 is 5.32 Å². The monoisotopic (exact) mass is 200 g/mol. The average Bonchev–Trinajstić information content (AvgIpc) is 2.19. The number of rotatable bonds is 2. The van der Waals surface area contributed by atoms with Gasteiger partial charge in [-0.15, -0.1) is 0 Å². The fourth-order valence-electron chi connectivity index (χ4n) is 2.13. The average molecular weight is 200 g/mol. The van der Waals surface area contributed by atoms with Gasteiger partial charge in [-0.05, 0) is 38.8 Å². The van der Waals surface area contributed by atoms with E-state index in [1.165, 1.54) is 0 Å². The molecule has 0 amide bonds. The van der Waals surface area contributed by atoms with Crippen molar-refractivity contribution in [2.75, 3.05) is 26.2 Å². The number of nitrogens with one attached hydrogen (secondary N) is 1. The summed E-state index contributed by atoms with van der Waals surface area (Å²) in [6.45, 7) is 3.77. The molecule has 0 aromatic rings. The van der Waals surface area contributed by atoms with Gasteiger partial charge in [0.2, 0.25) is 0 Å². The van der Waals surface area contributed by atoms with Gasteiger partial charge in [0.05, 0.1) is 18.8 Å². The molecule has 2 N–H and O–H groups in total. The number of aliphatic hydroxyl groups is 1. The van der Waals surface area contributed by atoms with Gasteiger partial charge in [0.1, 0.15) is 0 Å². The topological polar surface area (TPSA) is 44.7 Å². The van der Waals surface area contributed by atoms with Crippen LogP contribution >= 0.6 is 0 Å². The molecule has 0 saturated carbocycles. The Hall–Kier alpha value is -0.160. The highest BCUT2D eigenvalue weighted by molar-refractivity contribution is 4.70. The predicted molar refractivity (Wildman–Crippen MR) is 53.8 cm³/mol. The second kappa shape index (κ2) is 5.07. The molecule has 2 rings (SSSR count). The van der Waals surface area contributed by atoms with Gasteiger partial charge in [0, 0.05) is 6.54 Å². The third kappa shape index (κ3) is 2.92. The Labute approximate surface area is 85.2 Å². The van der Waals surface area contributed by atoms with E-state index < -0.39 is 0 Å². The van der Waals surface area contributed by atoms with Crippen molar-refractivity contribution in [3.63, 3.8) is 0 Å². The van der Waals surface area contributed by atoms with Crippen LogP contribution in [0, 0.1) is 0 Å². The Balaban J connectivity index is 1.72. The van der Waals surface area contributed by atoms with Crippen LogP contribution in [0.2, 0.25) is 0 Å². The molecule has 0 aromatic carbocycles. The maximum absolute atomic E-state index is 9.48. The standard InChI is InChI=1S/C10H20N2O2/c13-9-2-1-7-12(8-9)14-10-3-5-11-6-4-10/h9-11,13H,1-8H2. The van der Waals surface area contributed by atoms with Gasteiger partial charge in [-0.3, -0.25) is 4.84 Å². The molecule has 14 heavy (non-hydrogen) atoms. The molecule has 2 aliphatic heterocycles. The van der Waals surface area contributed by atoms with E-state index in [-0.39, 0.29) is 6.10 Å². The Morgan fingerprint density at radius 2 is 2.00 bits per heavy atom. The lowest BCUT2D eigenvalue weighted by Gasteiger charge is -2.33. The molecule has 82 valence electrons. The van der Waals surface area contributed by atoms with E-state index in [1.54, 1.807) is 0 Å². The zero-order chi connectivity index (χ0) is 9.80. The lowest BCUT2D eigenvalue weighted by Crippen LogP contribution is -2.43. The molecule has 4 heteroatoms. The van der Waals surface area contributed by atoms with Crippen LogP contribution in [0.3, 0.4) is 0 Å². The smallest absolute Gasteiger partial charge is 0.0817 e. The number of aliphatic hydroxyl groups excluding tert-OH is 1. The van der Waals surface area contributed by atoms with E-state index in [4.69, 9.17) is 4.84 Å². The number of hydrogen-bond donors (Lipinski definition) is 2. The summed E-state index contributed by atoms with van der Waals surface area (Å²) >= 11 is 0. The van der Waals surface area contributed by atoms with E-state index >= 15 is 0 Å². The van der Waals surface area contributed by atoms with Crippen molar-refractivity contribution in [2.45, 2.75) is 37.9 Å². The first-order valence-corrected chi connectivity index (χ1v) is 5.65. The zero-order valence-corrected chi connectivity index (χ0v) is 8.61. The molecule has 4 nitrogen and oxygen atoms in total. The van der Waals surface area contributed by atoms with Gasteiger partial charge < -0.3 is 10.4 Å². The fraction of sp³-hybridized carbons (Fsp3) is 1.00. The highest BCUT2D eigenvalue weighted by atomic mass is 16.7. The van der Waals surface area contributed by atoms with Crippen molar-refractivity contribution in [1.29, 1.82) is 0 Å². The summed E-state index contributed by atoms with van der Waals surface area (Å²) in [5.74, 6) is 0. The van der Waals surface area contributed by atoms with Crippen LogP contribution in [0.5, 0.6) is 0 Å². The maximum atomic E-state index is 9.48. The summed E-state index contributed by atoms with van der Waals surface area (Å²) in [6, 6.07) is 0. The van der Waals surface area contributed by atoms with Gasteiger partial charge in [-0.1, -0.05) is 0 Å². The van der Waals surface area contributed by atoms with Gasteiger partial charge in [0.25, 0.3) is 0 Å². The normalized spacial score (nSPS) is 31.9. The lowest BCUT2D eigenvalue weighted by molar-refractivity contribution is -0.224. The highest BCUT2D eigenvalue weighted by Crippen LogP contribution is 2.15. The second-order valence-electron chi connectivity index (χ2n) is 4.24. The molecule has 1 unspecified atom stereocenters. The quantitative estimate of drug-likeness (QED) is 0.665. The van der Waals surface area contributed by atoms with E-state index in [2.05, 4.69) is 5.32 Å². The minimum absolute atomic E-state index is 0.189. The van der Waals surface area contributed by atoms with Crippen molar-refractivity contribution < 1.29 is 9.94 Å². The fourth-order valence-corrected chi connectivity index (χ4v) is 2.13. The first kappa shape index (κ1) is 10.4. The predicted octanol–water partition coefficient (Wildman–Crippen LogP) is 0.127. The lowest BCUT2D eigenvalue weighted by atomic mass is 10.1. The highest BCUT2D eigenvalue weighted by Gasteiger charge is 2.22. The number of hydroxylamine groups is 2. The summed E-state index contributed by atoms with van der Waals surface area (Å²) in [5.41, 5.74) is 0. The first-order chi connectivity index (χ1) is 6.84. The van der Waals surface area contributed by atoms with Gasteiger partial charge in [0.15, 0.2) is 0 Å². The molecule has 0 aliphatic carbocycles. The molecule has 0 aromatic heterocycles. The van der Waals surface area contributed by atoms with Crippen molar-refractivity contribution in [3.8, 4) is 0 Å². The molecule has 1 atom stereocenters. The Bertz CT molecular complexity index is 172. The number of nitrogens with zero attached hydrogens (tertiary/aromatic N) is 1. The molecular formula is C10H20N2O2. The van der Waals surface area contributed by atoms with E-state index in [9.17, 15) is 5.11 Å². The molecule has 0 bridgehead atoms. The number of hydrogen-bond acceptors (Lipinski definition) is 4. The maximum Gasteiger partial charge on any atom is 0.0817 e. The zero-order valence-electron chi connectivity index (χ0n) is 8.61. The Kier molecular flexibility index (Phi) is 3.75. The molecule has 2 fully saturated rings. The van der Waals surface area contributed by atoms with Gasteiger partial charge in [-0.2, -0.15) is 5.06 Å². The van der Waals surface area contributed by atoms with Gasteiger partial charge >= 0.3 is 0 Å².